The number of aromatic amines is 1. The van der Waals surface area contributed by atoms with E-state index in [9.17, 15) is 0 Å². The fourth-order valence-corrected chi connectivity index (χ4v) is 1.47. The van der Waals surface area contributed by atoms with Crippen molar-refractivity contribution in [3.63, 3.8) is 0 Å². The third kappa shape index (κ3) is 1.26. The molecule has 0 aromatic carbocycles. The van der Waals surface area contributed by atoms with Crippen molar-refractivity contribution in [3.05, 3.63) is 23.7 Å². The summed E-state index contributed by atoms with van der Waals surface area (Å²) >= 11 is 5.94. The van der Waals surface area contributed by atoms with E-state index in [1.807, 2.05) is 0 Å². The van der Waals surface area contributed by atoms with Gasteiger partial charge >= 0.3 is 0 Å². The zero-order chi connectivity index (χ0) is 10.3. The highest BCUT2D eigenvalue weighted by Crippen LogP contribution is 2.21. The van der Waals surface area contributed by atoms with Crippen molar-refractivity contribution in [2.24, 2.45) is 0 Å². The number of halogens is 1. The number of nitrogens with one attached hydrogen (secondary N) is 1. The van der Waals surface area contributed by atoms with Gasteiger partial charge in [-0.05, 0) is 0 Å². The minimum Gasteiger partial charge on any atom is -0.364 e. The van der Waals surface area contributed by atoms with Crippen molar-refractivity contribution in [1.29, 1.82) is 0 Å². The Kier molecular flexibility index (Phi) is 1.69. The lowest BCUT2D eigenvalue weighted by molar-refractivity contribution is 0.422. The largest absolute Gasteiger partial charge is 0.364 e. The first-order valence-electron chi connectivity index (χ1n) is 4.12. The van der Waals surface area contributed by atoms with Gasteiger partial charge in [0.1, 0.15) is 17.3 Å². The zero-order valence-corrected chi connectivity index (χ0v) is 8.06. The van der Waals surface area contributed by atoms with Gasteiger partial charge < -0.3 is 4.52 Å². The lowest BCUT2D eigenvalue weighted by atomic mass is 10.4. The Bertz CT molecular complexity index is 603. The van der Waals surface area contributed by atoms with Crippen molar-refractivity contribution in [2.75, 3.05) is 0 Å². The Balaban J connectivity index is 2.29. The Morgan fingerprint density at radius 2 is 2.27 bits per heavy atom. The topological polar surface area (TPSA) is 80.5 Å². The average molecular weight is 222 g/mol. The van der Waals surface area contributed by atoms with Gasteiger partial charge in [-0.25, -0.2) is 9.97 Å². The summed E-state index contributed by atoms with van der Waals surface area (Å²) in [4.78, 5) is 8.30. The fraction of sp³-hybridized carbons (Fsp3) is 0. The molecule has 15 heavy (non-hydrogen) atoms. The third-order valence-corrected chi connectivity index (χ3v) is 2.20. The minimum atomic E-state index is 0.315. The molecule has 0 aliphatic rings. The highest BCUT2D eigenvalue weighted by molar-refractivity contribution is 6.33. The van der Waals surface area contributed by atoms with Crippen LogP contribution < -0.4 is 0 Å². The summed E-state index contributed by atoms with van der Waals surface area (Å²) in [7, 11) is 0. The number of H-pyrrole nitrogens is 1. The Labute approximate surface area is 88.3 Å². The summed E-state index contributed by atoms with van der Waals surface area (Å²) < 4.78 is 4.71. The average Bonchev–Trinajstić information content (AvgIpc) is 2.88. The zero-order valence-electron chi connectivity index (χ0n) is 7.31. The molecule has 6 nitrogen and oxygen atoms in total. The van der Waals surface area contributed by atoms with Crippen LogP contribution in [0.5, 0.6) is 0 Å². The minimum absolute atomic E-state index is 0.315. The molecule has 0 aliphatic carbocycles. The molecule has 0 spiro atoms. The second-order valence-corrected chi connectivity index (χ2v) is 3.21. The summed E-state index contributed by atoms with van der Waals surface area (Å²) in [5, 5.41) is 10.6. The van der Waals surface area contributed by atoms with Gasteiger partial charge in [-0.3, -0.25) is 5.10 Å². The van der Waals surface area contributed by atoms with E-state index >= 15 is 0 Å². The summed E-state index contributed by atoms with van der Waals surface area (Å²) in [5.41, 5.74) is 1.80. The predicted molar refractivity (Wildman–Crippen MR) is 52.2 cm³/mol. The van der Waals surface area contributed by atoms with Crippen LogP contribution in [-0.2, 0) is 0 Å². The first-order chi connectivity index (χ1) is 7.34. The van der Waals surface area contributed by atoms with Crippen molar-refractivity contribution in [3.8, 4) is 11.5 Å². The van der Waals surface area contributed by atoms with Crippen molar-refractivity contribution < 1.29 is 4.52 Å². The highest BCUT2D eigenvalue weighted by atomic mass is 35.5. The van der Waals surface area contributed by atoms with Gasteiger partial charge in [0, 0.05) is 6.07 Å². The maximum absolute atomic E-state index is 5.94. The van der Waals surface area contributed by atoms with E-state index in [4.69, 9.17) is 16.1 Å². The number of nitrogens with zero attached hydrogens (tertiary/aromatic N) is 4. The van der Waals surface area contributed by atoms with E-state index in [0.29, 0.717) is 27.7 Å². The van der Waals surface area contributed by atoms with Crippen molar-refractivity contribution in [2.45, 2.75) is 0 Å². The van der Waals surface area contributed by atoms with Crippen LogP contribution in [0.15, 0.2) is 23.0 Å². The first-order valence-corrected chi connectivity index (χ1v) is 4.50. The summed E-state index contributed by atoms with van der Waals surface area (Å²) in [5.74, 6) is 0.419. The number of aromatic nitrogens is 5. The molecule has 0 radical (unpaired) electrons. The van der Waals surface area contributed by atoms with E-state index in [1.54, 1.807) is 12.3 Å². The molecule has 0 unspecified atom stereocenters. The predicted octanol–water partition coefficient (Wildman–Crippen LogP) is 1.66. The number of rotatable bonds is 1. The SMILES string of the molecule is Clc1nc(-c2ccon2)nc2cn[nH]c12. The van der Waals surface area contributed by atoms with E-state index in [-0.39, 0.29) is 0 Å². The second kappa shape index (κ2) is 3.03. The van der Waals surface area contributed by atoms with Gasteiger partial charge in [0.2, 0.25) is 0 Å². The van der Waals surface area contributed by atoms with Crippen LogP contribution in [0, 0.1) is 0 Å². The standard InChI is InChI=1S/C8H4ClN5O/c9-7-6-5(3-10-13-6)11-8(12-7)4-1-2-15-14-4/h1-3H,(H,10,13). The smallest absolute Gasteiger partial charge is 0.183 e. The van der Waals surface area contributed by atoms with Crippen LogP contribution in [0.4, 0.5) is 0 Å². The molecule has 3 heterocycles. The van der Waals surface area contributed by atoms with E-state index in [1.165, 1.54) is 6.26 Å². The maximum Gasteiger partial charge on any atom is 0.183 e. The van der Waals surface area contributed by atoms with Gasteiger partial charge in [-0.15, -0.1) is 0 Å². The van der Waals surface area contributed by atoms with Gasteiger partial charge in [0.05, 0.1) is 6.20 Å². The van der Waals surface area contributed by atoms with Crippen molar-refractivity contribution in [1.82, 2.24) is 25.3 Å². The molecule has 0 saturated heterocycles. The van der Waals surface area contributed by atoms with Crippen LogP contribution in [-0.4, -0.2) is 25.3 Å². The lowest BCUT2D eigenvalue weighted by Crippen LogP contribution is -1.90. The van der Waals surface area contributed by atoms with Crippen LogP contribution in [0.1, 0.15) is 0 Å². The summed E-state index contributed by atoms with van der Waals surface area (Å²) in [6.07, 6.45) is 3.03. The highest BCUT2D eigenvalue weighted by Gasteiger charge is 2.10. The Morgan fingerprint density at radius 3 is 3.07 bits per heavy atom. The molecule has 0 saturated carbocycles. The third-order valence-electron chi connectivity index (χ3n) is 1.92. The molecule has 1 N–H and O–H groups in total. The van der Waals surface area contributed by atoms with Gasteiger partial charge in [-0.2, -0.15) is 5.10 Å². The molecule has 3 rings (SSSR count). The van der Waals surface area contributed by atoms with Crippen LogP contribution in [0.2, 0.25) is 5.15 Å². The van der Waals surface area contributed by atoms with Crippen LogP contribution in [0.25, 0.3) is 22.6 Å². The van der Waals surface area contributed by atoms with Crippen molar-refractivity contribution >= 4 is 22.6 Å². The number of hydrogen-bond donors (Lipinski definition) is 1. The van der Waals surface area contributed by atoms with Crippen LogP contribution >= 0.6 is 11.6 Å². The molecule has 0 bridgehead atoms. The van der Waals surface area contributed by atoms with Crippen LogP contribution in [0.3, 0.4) is 0 Å². The lowest BCUT2D eigenvalue weighted by Gasteiger charge is -1.96. The molecular formula is C8H4ClN5O. The molecular weight excluding hydrogens is 218 g/mol. The molecule has 0 fully saturated rings. The number of fused-ring (bicyclic) bond motifs is 1. The fourth-order valence-electron chi connectivity index (χ4n) is 1.25. The molecule has 0 atom stereocenters. The quantitative estimate of drug-likeness (QED) is 0.632. The second-order valence-electron chi connectivity index (χ2n) is 2.85. The molecule has 0 aliphatic heterocycles. The van der Waals surface area contributed by atoms with E-state index < -0.39 is 0 Å². The number of hydrogen-bond acceptors (Lipinski definition) is 5. The van der Waals surface area contributed by atoms with Gasteiger partial charge in [0.15, 0.2) is 16.7 Å². The van der Waals surface area contributed by atoms with Gasteiger partial charge in [0.25, 0.3) is 0 Å². The molecule has 0 amide bonds. The monoisotopic (exact) mass is 221 g/mol. The molecule has 3 aromatic heterocycles. The summed E-state index contributed by atoms with van der Waals surface area (Å²) in [6.45, 7) is 0. The van der Waals surface area contributed by atoms with Gasteiger partial charge in [-0.1, -0.05) is 16.8 Å². The molecule has 3 aromatic rings. The first kappa shape index (κ1) is 8.37. The maximum atomic E-state index is 5.94. The normalized spacial score (nSPS) is 11.0. The molecule has 74 valence electrons. The van der Waals surface area contributed by atoms with E-state index in [0.717, 1.165) is 0 Å². The summed E-state index contributed by atoms with van der Waals surface area (Å²) in [6, 6.07) is 1.66. The molecule has 7 heteroatoms. The Hall–Kier alpha value is -1.95. The van der Waals surface area contributed by atoms with E-state index in [2.05, 4.69) is 25.3 Å². The Morgan fingerprint density at radius 1 is 1.33 bits per heavy atom.